The third-order valence-electron chi connectivity index (χ3n) is 5.10. The van der Waals surface area contributed by atoms with E-state index in [2.05, 4.69) is 21.6 Å². The molecule has 1 amide bonds. The second kappa shape index (κ2) is 7.94. The predicted octanol–water partition coefficient (Wildman–Crippen LogP) is 1.11. The lowest BCUT2D eigenvalue weighted by molar-refractivity contribution is -0.134. The fraction of sp³-hybridized carbons (Fsp3) is 0.611. The largest absolute Gasteiger partial charge is 0.367 e. The van der Waals surface area contributed by atoms with Crippen LogP contribution in [-0.2, 0) is 4.79 Å². The van der Waals surface area contributed by atoms with E-state index >= 15 is 0 Å². The van der Waals surface area contributed by atoms with Crippen molar-refractivity contribution in [3.8, 4) is 0 Å². The Kier molecular flexibility index (Phi) is 5.68. The molecule has 1 aromatic carbocycles. The summed E-state index contributed by atoms with van der Waals surface area (Å²) in [4.78, 5) is 21.1. The summed E-state index contributed by atoms with van der Waals surface area (Å²) in [6.07, 6.45) is 0. The first-order chi connectivity index (χ1) is 11.7. The van der Waals surface area contributed by atoms with Crippen LogP contribution in [-0.4, -0.2) is 86.1 Å². The lowest BCUT2D eigenvalue weighted by Gasteiger charge is -2.38. The summed E-state index contributed by atoms with van der Waals surface area (Å²) in [7, 11) is 0. The van der Waals surface area contributed by atoms with Crippen LogP contribution in [0.1, 0.15) is 6.92 Å². The highest BCUT2D eigenvalue weighted by molar-refractivity contribution is 5.78. The highest BCUT2D eigenvalue weighted by atomic mass is 19.1. The van der Waals surface area contributed by atoms with Gasteiger partial charge in [-0.15, -0.1) is 0 Å². The first kappa shape index (κ1) is 17.2. The number of halogens is 1. The second-order valence-corrected chi connectivity index (χ2v) is 6.53. The van der Waals surface area contributed by atoms with Crippen molar-refractivity contribution >= 4 is 11.6 Å². The van der Waals surface area contributed by atoms with Gasteiger partial charge in [0.1, 0.15) is 5.82 Å². The summed E-state index contributed by atoms with van der Waals surface area (Å²) in [5.41, 5.74) is 0.666. The molecule has 0 bridgehead atoms. The number of nitrogens with zero attached hydrogens (tertiary/aromatic N) is 4. The molecule has 0 radical (unpaired) electrons. The molecule has 0 atom stereocenters. The molecule has 0 aromatic heterocycles. The molecule has 2 aliphatic heterocycles. The quantitative estimate of drug-likeness (QED) is 0.825. The lowest BCUT2D eigenvalue weighted by Crippen LogP contribution is -2.53. The van der Waals surface area contributed by atoms with E-state index in [1.807, 2.05) is 17.0 Å². The molecule has 2 fully saturated rings. The van der Waals surface area contributed by atoms with E-state index < -0.39 is 0 Å². The lowest BCUT2D eigenvalue weighted by atomic mass is 10.2. The first-order valence-electron chi connectivity index (χ1n) is 8.89. The highest BCUT2D eigenvalue weighted by Crippen LogP contribution is 2.20. The van der Waals surface area contributed by atoms with Gasteiger partial charge in [-0.05, 0) is 18.7 Å². The molecule has 2 saturated heterocycles. The van der Waals surface area contributed by atoms with Gasteiger partial charge in [-0.1, -0.05) is 19.1 Å². The van der Waals surface area contributed by atoms with Gasteiger partial charge in [-0.2, -0.15) is 0 Å². The number of carbonyl (C=O) groups is 1. The number of hydrogen-bond acceptors (Lipinski definition) is 4. The van der Waals surface area contributed by atoms with Gasteiger partial charge in [-0.25, -0.2) is 4.39 Å². The highest BCUT2D eigenvalue weighted by Gasteiger charge is 2.24. The number of para-hydroxylation sites is 1. The van der Waals surface area contributed by atoms with E-state index in [-0.39, 0.29) is 11.7 Å². The van der Waals surface area contributed by atoms with E-state index in [0.29, 0.717) is 12.2 Å². The van der Waals surface area contributed by atoms with Crippen molar-refractivity contribution in [1.29, 1.82) is 0 Å². The number of rotatable bonds is 4. The van der Waals surface area contributed by atoms with Crippen LogP contribution in [0, 0.1) is 5.82 Å². The fourth-order valence-corrected chi connectivity index (χ4v) is 3.46. The first-order valence-corrected chi connectivity index (χ1v) is 8.89. The third-order valence-corrected chi connectivity index (χ3v) is 5.10. The van der Waals surface area contributed by atoms with E-state index in [1.165, 1.54) is 6.07 Å². The van der Waals surface area contributed by atoms with Gasteiger partial charge < -0.3 is 14.7 Å². The average Bonchev–Trinajstić information content (AvgIpc) is 2.63. The fourth-order valence-electron chi connectivity index (χ4n) is 3.46. The summed E-state index contributed by atoms with van der Waals surface area (Å²) < 4.78 is 13.9. The van der Waals surface area contributed by atoms with Crippen LogP contribution in [0.5, 0.6) is 0 Å². The molecular formula is C18H27FN4O. The van der Waals surface area contributed by atoms with Crippen molar-refractivity contribution in [3.05, 3.63) is 30.1 Å². The van der Waals surface area contributed by atoms with E-state index in [4.69, 9.17) is 0 Å². The van der Waals surface area contributed by atoms with Gasteiger partial charge in [0, 0.05) is 52.4 Å². The SMILES string of the molecule is CCN1CCN(C(=O)CN2CCN(c3ccccc3F)CC2)CC1. The number of benzene rings is 1. The maximum Gasteiger partial charge on any atom is 0.236 e. The summed E-state index contributed by atoms with van der Waals surface area (Å²) in [6.45, 7) is 10.4. The minimum atomic E-state index is -0.171. The molecule has 0 N–H and O–H groups in total. The summed E-state index contributed by atoms with van der Waals surface area (Å²) in [6, 6.07) is 6.90. The average molecular weight is 334 g/mol. The number of likely N-dealkylation sites (N-methyl/N-ethyl adjacent to an activating group) is 1. The Morgan fingerprint density at radius 2 is 1.58 bits per heavy atom. The van der Waals surface area contributed by atoms with E-state index in [0.717, 1.165) is 58.9 Å². The number of hydrogen-bond donors (Lipinski definition) is 0. The van der Waals surface area contributed by atoms with Crippen molar-refractivity contribution in [2.45, 2.75) is 6.92 Å². The van der Waals surface area contributed by atoms with Gasteiger partial charge in [-0.3, -0.25) is 9.69 Å². The topological polar surface area (TPSA) is 30.0 Å². The number of carbonyl (C=O) groups excluding carboxylic acids is 1. The van der Waals surface area contributed by atoms with Gasteiger partial charge >= 0.3 is 0 Å². The zero-order valence-corrected chi connectivity index (χ0v) is 14.5. The van der Waals surface area contributed by atoms with Crippen molar-refractivity contribution in [1.82, 2.24) is 14.7 Å². The zero-order chi connectivity index (χ0) is 16.9. The van der Waals surface area contributed by atoms with Gasteiger partial charge in [0.25, 0.3) is 0 Å². The molecule has 2 heterocycles. The van der Waals surface area contributed by atoms with Gasteiger partial charge in [0.05, 0.1) is 12.2 Å². The van der Waals surface area contributed by atoms with E-state index in [9.17, 15) is 9.18 Å². The Morgan fingerprint density at radius 3 is 2.21 bits per heavy atom. The van der Waals surface area contributed by atoms with Crippen LogP contribution in [0.3, 0.4) is 0 Å². The third kappa shape index (κ3) is 4.05. The zero-order valence-electron chi connectivity index (χ0n) is 14.5. The van der Waals surface area contributed by atoms with Crippen molar-refractivity contribution in [2.24, 2.45) is 0 Å². The molecule has 132 valence electrons. The molecule has 0 saturated carbocycles. The Morgan fingerprint density at radius 1 is 0.958 bits per heavy atom. The molecule has 2 aliphatic rings. The van der Waals surface area contributed by atoms with Crippen LogP contribution in [0.4, 0.5) is 10.1 Å². The Bertz CT molecular complexity index is 552. The Balaban J connectivity index is 1.45. The maximum atomic E-state index is 13.9. The summed E-state index contributed by atoms with van der Waals surface area (Å²) >= 11 is 0. The Labute approximate surface area is 143 Å². The molecular weight excluding hydrogens is 307 g/mol. The van der Waals surface area contributed by atoms with Crippen molar-refractivity contribution < 1.29 is 9.18 Å². The van der Waals surface area contributed by atoms with Crippen LogP contribution >= 0.6 is 0 Å². The molecule has 1 aromatic rings. The molecule has 0 aliphatic carbocycles. The molecule has 3 rings (SSSR count). The predicted molar refractivity (Wildman–Crippen MR) is 93.7 cm³/mol. The maximum absolute atomic E-state index is 13.9. The molecule has 24 heavy (non-hydrogen) atoms. The summed E-state index contributed by atoms with van der Waals surface area (Å²) in [5.74, 6) is 0.0564. The minimum Gasteiger partial charge on any atom is -0.367 e. The molecule has 6 heteroatoms. The van der Waals surface area contributed by atoms with Crippen LogP contribution in [0.25, 0.3) is 0 Å². The molecule has 5 nitrogen and oxygen atoms in total. The normalized spacial score (nSPS) is 20.4. The van der Waals surface area contributed by atoms with Gasteiger partial charge in [0.15, 0.2) is 0 Å². The monoisotopic (exact) mass is 334 g/mol. The van der Waals surface area contributed by atoms with Crippen molar-refractivity contribution in [2.75, 3.05) is 70.3 Å². The molecule has 0 unspecified atom stereocenters. The van der Waals surface area contributed by atoms with E-state index in [1.54, 1.807) is 6.07 Å². The number of amides is 1. The van der Waals surface area contributed by atoms with Crippen LogP contribution < -0.4 is 4.90 Å². The smallest absolute Gasteiger partial charge is 0.236 e. The van der Waals surface area contributed by atoms with Crippen LogP contribution in [0.2, 0.25) is 0 Å². The minimum absolute atomic E-state index is 0.171. The standard InChI is InChI=1S/C18H27FN4O/c1-2-20-7-13-23(14-8-20)18(24)15-21-9-11-22(12-10-21)17-6-4-3-5-16(17)19/h3-6H,2,7-15H2,1H3. The van der Waals surface area contributed by atoms with Crippen molar-refractivity contribution in [3.63, 3.8) is 0 Å². The number of piperazine rings is 2. The van der Waals surface area contributed by atoms with Crippen LogP contribution in [0.15, 0.2) is 24.3 Å². The van der Waals surface area contributed by atoms with Gasteiger partial charge in [0.2, 0.25) is 5.91 Å². The number of anilines is 1. The molecule has 0 spiro atoms. The second-order valence-electron chi connectivity index (χ2n) is 6.53. The Hall–Kier alpha value is -1.66. The summed E-state index contributed by atoms with van der Waals surface area (Å²) in [5, 5.41) is 0.